The van der Waals surface area contributed by atoms with E-state index in [2.05, 4.69) is 15.2 Å². The van der Waals surface area contributed by atoms with Gasteiger partial charge in [-0.2, -0.15) is 5.10 Å². The van der Waals surface area contributed by atoms with Gasteiger partial charge < -0.3 is 10.1 Å². The van der Waals surface area contributed by atoms with E-state index in [1.165, 1.54) is 7.11 Å². The third kappa shape index (κ3) is 3.36. The molecule has 15 heavy (non-hydrogen) atoms. The Labute approximate surface area is 89.4 Å². The molecule has 1 aromatic heterocycles. The van der Waals surface area contributed by atoms with Crippen LogP contribution in [0.2, 0.25) is 0 Å². The quantitative estimate of drug-likeness (QED) is 0.714. The summed E-state index contributed by atoms with van der Waals surface area (Å²) in [7, 11) is 3.14. The zero-order chi connectivity index (χ0) is 11.3. The first-order valence-corrected chi connectivity index (χ1v) is 4.91. The van der Waals surface area contributed by atoms with Crippen LogP contribution in [-0.2, 0) is 16.1 Å². The molecule has 1 unspecified atom stereocenters. The van der Waals surface area contributed by atoms with Gasteiger partial charge in [0.1, 0.15) is 6.04 Å². The molecule has 1 rings (SSSR count). The van der Waals surface area contributed by atoms with Crippen molar-refractivity contribution in [1.82, 2.24) is 15.1 Å². The van der Waals surface area contributed by atoms with Gasteiger partial charge >= 0.3 is 5.97 Å². The number of aryl methyl sites for hydroxylation is 2. The van der Waals surface area contributed by atoms with Crippen molar-refractivity contribution in [2.45, 2.75) is 25.9 Å². The normalized spacial score (nSPS) is 12.5. The van der Waals surface area contributed by atoms with E-state index in [0.29, 0.717) is 13.0 Å². The number of likely N-dealkylation sites (N-methyl/N-ethyl adjacent to an activating group) is 1. The van der Waals surface area contributed by atoms with Gasteiger partial charge in [0.2, 0.25) is 0 Å². The molecule has 5 nitrogen and oxygen atoms in total. The zero-order valence-electron chi connectivity index (χ0n) is 9.36. The first kappa shape index (κ1) is 11.7. The van der Waals surface area contributed by atoms with Gasteiger partial charge in [0.05, 0.1) is 13.3 Å². The van der Waals surface area contributed by atoms with Gasteiger partial charge in [0.25, 0.3) is 0 Å². The smallest absolute Gasteiger partial charge is 0.322 e. The first-order chi connectivity index (χ1) is 7.17. The standard InChI is InChI=1S/C10H17N3O2/c1-8-6-12-13(7-8)5-4-9(11-2)10(14)15-3/h6-7,9,11H,4-5H2,1-3H3. The number of aromatic nitrogens is 2. The average Bonchev–Trinajstić information content (AvgIpc) is 2.64. The molecule has 0 aliphatic carbocycles. The lowest BCUT2D eigenvalue weighted by Gasteiger charge is -2.13. The number of methoxy groups -OCH3 is 1. The number of nitrogens with zero attached hydrogens (tertiary/aromatic N) is 2. The molecule has 1 N–H and O–H groups in total. The second-order valence-corrected chi connectivity index (χ2v) is 3.43. The first-order valence-electron chi connectivity index (χ1n) is 4.91. The number of rotatable bonds is 5. The van der Waals surface area contributed by atoms with Gasteiger partial charge in [0.15, 0.2) is 0 Å². The van der Waals surface area contributed by atoms with Crippen molar-refractivity contribution in [2.24, 2.45) is 0 Å². The van der Waals surface area contributed by atoms with Crippen LogP contribution in [0, 0.1) is 6.92 Å². The number of carbonyl (C=O) groups is 1. The lowest BCUT2D eigenvalue weighted by molar-refractivity contribution is -0.143. The highest BCUT2D eigenvalue weighted by Crippen LogP contribution is 2.00. The van der Waals surface area contributed by atoms with Gasteiger partial charge in [-0.1, -0.05) is 0 Å². The van der Waals surface area contributed by atoms with Crippen molar-refractivity contribution >= 4 is 5.97 Å². The minimum absolute atomic E-state index is 0.235. The van der Waals surface area contributed by atoms with Crippen molar-refractivity contribution in [2.75, 3.05) is 14.2 Å². The van der Waals surface area contributed by atoms with E-state index in [4.69, 9.17) is 0 Å². The van der Waals surface area contributed by atoms with Crippen molar-refractivity contribution in [3.8, 4) is 0 Å². The Hall–Kier alpha value is -1.36. The largest absolute Gasteiger partial charge is 0.468 e. The Balaban J connectivity index is 2.44. The molecule has 1 atom stereocenters. The lowest BCUT2D eigenvalue weighted by atomic mass is 10.2. The summed E-state index contributed by atoms with van der Waals surface area (Å²) >= 11 is 0. The Morgan fingerprint density at radius 1 is 1.73 bits per heavy atom. The number of nitrogens with one attached hydrogen (secondary N) is 1. The summed E-state index contributed by atoms with van der Waals surface area (Å²) in [5, 5.41) is 7.06. The Kier molecular flexibility index (Phi) is 4.30. The molecule has 0 aromatic carbocycles. The predicted molar refractivity (Wildman–Crippen MR) is 56.4 cm³/mol. The van der Waals surface area contributed by atoms with E-state index >= 15 is 0 Å². The van der Waals surface area contributed by atoms with Crippen molar-refractivity contribution in [3.05, 3.63) is 18.0 Å². The molecular weight excluding hydrogens is 194 g/mol. The molecule has 1 heterocycles. The number of ether oxygens (including phenoxy) is 1. The minimum atomic E-state index is -0.264. The van der Waals surface area contributed by atoms with Crippen LogP contribution in [0.3, 0.4) is 0 Å². The van der Waals surface area contributed by atoms with E-state index in [1.807, 2.05) is 17.8 Å². The number of hydrogen-bond donors (Lipinski definition) is 1. The fraction of sp³-hybridized carbons (Fsp3) is 0.600. The van der Waals surface area contributed by atoms with Crippen molar-refractivity contribution in [3.63, 3.8) is 0 Å². The van der Waals surface area contributed by atoms with Crippen molar-refractivity contribution < 1.29 is 9.53 Å². The molecular formula is C10H17N3O2. The van der Waals surface area contributed by atoms with Gasteiger partial charge in [0, 0.05) is 12.7 Å². The third-order valence-corrected chi connectivity index (χ3v) is 2.24. The topological polar surface area (TPSA) is 56.2 Å². The highest BCUT2D eigenvalue weighted by atomic mass is 16.5. The summed E-state index contributed by atoms with van der Waals surface area (Å²) in [5.74, 6) is -0.235. The number of hydrogen-bond acceptors (Lipinski definition) is 4. The Morgan fingerprint density at radius 3 is 2.93 bits per heavy atom. The van der Waals surface area contributed by atoms with E-state index in [0.717, 1.165) is 5.56 Å². The van der Waals surface area contributed by atoms with Crippen LogP contribution in [-0.4, -0.2) is 35.9 Å². The molecule has 0 aliphatic heterocycles. The Bertz CT molecular complexity index is 322. The SMILES string of the molecule is CNC(CCn1cc(C)cn1)C(=O)OC. The van der Waals surface area contributed by atoms with Crippen LogP contribution >= 0.6 is 0 Å². The predicted octanol–water partition coefficient (Wildman–Crippen LogP) is 0.343. The van der Waals surface area contributed by atoms with E-state index in [-0.39, 0.29) is 12.0 Å². The maximum Gasteiger partial charge on any atom is 0.322 e. The molecule has 0 amide bonds. The summed E-state index contributed by atoms with van der Waals surface area (Å²) in [6.07, 6.45) is 4.42. The molecule has 0 saturated heterocycles. The summed E-state index contributed by atoms with van der Waals surface area (Å²) in [5.41, 5.74) is 1.12. The second kappa shape index (κ2) is 5.50. The molecule has 84 valence electrons. The fourth-order valence-electron chi connectivity index (χ4n) is 1.37. The van der Waals surface area contributed by atoms with Crippen LogP contribution < -0.4 is 5.32 Å². The highest BCUT2D eigenvalue weighted by molar-refractivity contribution is 5.75. The van der Waals surface area contributed by atoms with Gasteiger partial charge in [-0.25, -0.2) is 0 Å². The molecule has 0 saturated carbocycles. The van der Waals surface area contributed by atoms with Crippen molar-refractivity contribution in [1.29, 1.82) is 0 Å². The lowest BCUT2D eigenvalue weighted by Crippen LogP contribution is -2.35. The summed E-state index contributed by atoms with van der Waals surface area (Å²) in [6.45, 7) is 2.69. The summed E-state index contributed by atoms with van der Waals surface area (Å²) < 4.78 is 6.49. The van der Waals surface area contributed by atoms with Gasteiger partial charge in [-0.3, -0.25) is 9.48 Å². The monoisotopic (exact) mass is 211 g/mol. The van der Waals surface area contributed by atoms with Crippen LogP contribution in [0.4, 0.5) is 0 Å². The molecule has 0 aliphatic rings. The van der Waals surface area contributed by atoms with Gasteiger partial charge in [-0.15, -0.1) is 0 Å². The number of esters is 1. The maximum atomic E-state index is 11.3. The van der Waals surface area contributed by atoms with Gasteiger partial charge in [-0.05, 0) is 26.0 Å². The van der Waals surface area contributed by atoms with E-state index in [1.54, 1.807) is 13.2 Å². The van der Waals surface area contributed by atoms with E-state index < -0.39 is 0 Å². The maximum absolute atomic E-state index is 11.3. The molecule has 0 fully saturated rings. The van der Waals surface area contributed by atoms with Crippen LogP contribution in [0.5, 0.6) is 0 Å². The van der Waals surface area contributed by atoms with Crippen LogP contribution in [0.1, 0.15) is 12.0 Å². The summed E-state index contributed by atoms with van der Waals surface area (Å²) in [6, 6.07) is -0.264. The molecule has 1 aromatic rings. The summed E-state index contributed by atoms with van der Waals surface area (Å²) in [4.78, 5) is 11.3. The number of carbonyl (C=O) groups excluding carboxylic acids is 1. The third-order valence-electron chi connectivity index (χ3n) is 2.24. The fourth-order valence-corrected chi connectivity index (χ4v) is 1.37. The Morgan fingerprint density at radius 2 is 2.47 bits per heavy atom. The van der Waals surface area contributed by atoms with E-state index in [9.17, 15) is 4.79 Å². The van der Waals surface area contributed by atoms with Crippen LogP contribution in [0.15, 0.2) is 12.4 Å². The zero-order valence-corrected chi connectivity index (χ0v) is 9.36. The molecule has 0 radical (unpaired) electrons. The highest BCUT2D eigenvalue weighted by Gasteiger charge is 2.16. The average molecular weight is 211 g/mol. The second-order valence-electron chi connectivity index (χ2n) is 3.43. The minimum Gasteiger partial charge on any atom is -0.468 e. The molecule has 5 heteroatoms. The van der Waals surface area contributed by atoms with Crippen LogP contribution in [0.25, 0.3) is 0 Å². The molecule has 0 bridgehead atoms. The molecule has 0 spiro atoms.